The second-order valence-electron chi connectivity index (χ2n) is 2.41. The maximum Gasteiger partial charge on any atom is 0.343 e. The van der Waals surface area contributed by atoms with E-state index in [-0.39, 0.29) is 18.2 Å². The quantitative estimate of drug-likeness (QED) is 0.475. The van der Waals surface area contributed by atoms with Crippen LogP contribution in [0.15, 0.2) is 21.9 Å². The number of nitrogens with zero attached hydrogens (tertiary/aromatic N) is 2. The fraction of sp³-hybridized carbons (Fsp3) is 0.250. The molecule has 1 rings (SSSR count). The molecule has 0 aliphatic heterocycles. The average molecular weight is 275 g/mol. The summed E-state index contributed by atoms with van der Waals surface area (Å²) >= 11 is 3.07. The maximum absolute atomic E-state index is 10.8. The van der Waals surface area contributed by atoms with Gasteiger partial charge in [-0.25, -0.2) is 9.78 Å². The highest BCUT2D eigenvalue weighted by Crippen LogP contribution is 2.26. The third-order valence-electron chi connectivity index (χ3n) is 1.46. The van der Waals surface area contributed by atoms with Crippen LogP contribution in [0.2, 0.25) is 0 Å². The lowest BCUT2D eigenvalue weighted by Crippen LogP contribution is -2.12. The Morgan fingerprint density at radius 2 is 2.33 bits per heavy atom. The number of esters is 1. The summed E-state index contributed by atoms with van der Waals surface area (Å²) in [6, 6.07) is 3.05. The zero-order valence-corrected chi connectivity index (χ0v) is 9.35. The minimum Gasteiger partial charge on any atom is -0.478 e. The molecule has 0 atom stereocenters. The lowest BCUT2D eigenvalue weighted by Gasteiger charge is -2.05. The van der Waals surface area contributed by atoms with E-state index in [0.717, 1.165) is 0 Å². The SMILES string of the molecule is COC(=O)COc1ccc(Br)nc1N=O. The highest BCUT2D eigenvalue weighted by Gasteiger charge is 2.09. The molecular formula is C8H7BrN2O4. The highest BCUT2D eigenvalue weighted by molar-refractivity contribution is 9.10. The van der Waals surface area contributed by atoms with E-state index in [1.54, 1.807) is 6.07 Å². The van der Waals surface area contributed by atoms with Gasteiger partial charge in [0.1, 0.15) is 4.60 Å². The molecule has 1 aromatic heterocycles. The Morgan fingerprint density at radius 3 is 2.93 bits per heavy atom. The largest absolute Gasteiger partial charge is 0.478 e. The van der Waals surface area contributed by atoms with Crippen LogP contribution in [-0.2, 0) is 9.53 Å². The molecule has 0 saturated heterocycles. The molecule has 1 heterocycles. The molecule has 7 heteroatoms. The number of rotatable bonds is 4. The van der Waals surface area contributed by atoms with Gasteiger partial charge in [0.25, 0.3) is 0 Å². The maximum atomic E-state index is 10.8. The molecule has 0 radical (unpaired) electrons. The summed E-state index contributed by atoms with van der Waals surface area (Å²) in [7, 11) is 1.24. The van der Waals surface area contributed by atoms with Gasteiger partial charge in [-0.2, -0.15) is 0 Å². The molecule has 0 aliphatic rings. The van der Waals surface area contributed by atoms with Crippen molar-refractivity contribution < 1.29 is 14.3 Å². The van der Waals surface area contributed by atoms with Gasteiger partial charge < -0.3 is 9.47 Å². The third kappa shape index (κ3) is 3.28. The van der Waals surface area contributed by atoms with Crippen LogP contribution in [0.3, 0.4) is 0 Å². The van der Waals surface area contributed by atoms with Crippen molar-refractivity contribution >= 4 is 27.7 Å². The average Bonchev–Trinajstić information content (AvgIpc) is 2.26. The first-order chi connectivity index (χ1) is 7.17. The van der Waals surface area contributed by atoms with E-state index in [4.69, 9.17) is 4.74 Å². The second kappa shape index (κ2) is 5.40. The number of nitroso groups, excluding NO2 is 1. The molecule has 0 N–H and O–H groups in total. The van der Waals surface area contributed by atoms with Crippen molar-refractivity contribution in [2.75, 3.05) is 13.7 Å². The molecule has 0 saturated carbocycles. The lowest BCUT2D eigenvalue weighted by atomic mass is 10.4. The summed E-state index contributed by atoms with van der Waals surface area (Å²) < 4.78 is 9.81. The number of hydrogen-bond donors (Lipinski definition) is 0. The van der Waals surface area contributed by atoms with E-state index >= 15 is 0 Å². The first-order valence-corrected chi connectivity index (χ1v) is 4.66. The smallest absolute Gasteiger partial charge is 0.343 e. The van der Waals surface area contributed by atoms with Crippen LogP contribution in [0.5, 0.6) is 5.75 Å². The van der Waals surface area contributed by atoms with Crippen molar-refractivity contribution in [1.29, 1.82) is 0 Å². The van der Waals surface area contributed by atoms with Crippen LogP contribution < -0.4 is 4.74 Å². The molecule has 0 aliphatic carbocycles. The predicted molar refractivity (Wildman–Crippen MR) is 54.9 cm³/mol. The topological polar surface area (TPSA) is 77.8 Å². The molecule has 0 bridgehead atoms. The highest BCUT2D eigenvalue weighted by atomic mass is 79.9. The summed E-state index contributed by atoms with van der Waals surface area (Å²) in [6.07, 6.45) is 0. The number of methoxy groups -OCH3 is 1. The normalized spacial score (nSPS) is 9.47. The first-order valence-electron chi connectivity index (χ1n) is 3.87. The summed E-state index contributed by atoms with van der Waals surface area (Å²) in [5.74, 6) is -0.526. The van der Waals surface area contributed by atoms with E-state index in [2.05, 4.69) is 30.8 Å². The minimum absolute atomic E-state index is 0.117. The van der Waals surface area contributed by atoms with Gasteiger partial charge in [-0.3, -0.25) is 0 Å². The van der Waals surface area contributed by atoms with Crippen LogP contribution in [0.25, 0.3) is 0 Å². The van der Waals surface area contributed by atoms with Crippen molar-refractivity contribution in [3.8, 4) is 5.75 Å². The summed E-state index contributed by atoms with van der Waals surface area (Å²) in [5.41, 5.74) is 0. The number of ether oxygens (including phenoxy) is 2. The van der Waals surface area contributed by atoms with Gasteiger partial charge in [0, 0.05) is 0 Å². The van der Waals surface area contributed by atoms with Gasteiger partial charge >= 0.3 is 5.97 Å². The number of aromatic nitrogens is 1. The minimum atomic E-state index is -0.547. The van der Waals surface area contributed by atoms with Gasteiger partial charge in [-0.15, -0.1) is 4.91 Å². The van der Waals surface area contributed by atoms with Crippen LogP contribution >= 0.6 is 15.9 Å². The van der Waals surface area contributed by atoms with Crippen molar-refractivity contribution in [2.24, 2.45) is 5.18 Å². The molecule has 80 valence electrons. The Labute approximate surface area is 93.7 Å². The van der Waals surface area contributed by atoms with Crippen LogP contribution in [0.1, 0.15) is 0 Å². The van der Waals surface area contributed by atoms with E-state index in [1.165, 1.54) is 13.2 Å². The molecule has 1 aromatic rings. The second-order valence-corrected chi connectivity index (χ2v) is 3.22. The van der Waals surface area contributed by atoms with Crippen LogP contribution in [0, 0.1) is 4.91 Å². The molecule has 0 aromatic carbocycles. The van der Waals surface area contributed by atoms with Gasteiger partial charge in [0.2, 0.25) is 5.82 Å². The van der Waals surface area contributed by atoms with Crippen molar-refractivity contribution in [1.82, 2.24) is 4.98 Å². The molecule has 15 heavy (non-hydrogen) atoms. The molecule has 6 nitrogen and oxygen atoms in total. The molecule has 0 amide bonds. The third-order valence-corrected chi connectivity index (χ3v) is 1.91. The summed E-state index contributed by atoms with van der Waals surface area (Å²) in [4.78, 5) is 24.9. The van der Waals surface area contributed by atoms with E-state index < -0.39 is 5.97 Å². The Bertz CT molecular complexity index is 383. The van der Waals surface area contributed by atoms with Crippen molar-refractivity contribution in [2.45, 2.75) is 0 Å². The fourth-order valence-electron chi connectivity index (χ4n) is 0.786. The monoisotopic (exact) mass is 274 g/mol. The number of halogens is 1. The number of carbonyl (C=O) groups is 1. The van der Waals surface area contributed by atoms with E-state index in [0.29, 0.717) is 4.60 Å². The lowest BCUT2D eigenvalue weighted by molar-refractivity contribution is -0.142. The molecule has 0 unspecified atom stereocenters. The first kappa shape index (κ1) is 11.6. The van der Waals surface area contributed by atoms with Gasteiger partial charge in [0.05, 0.1) is 7.11 Å². The van der Waals surface area contributed by atoms with Gasteiger partial charge in [0.15, 0.2) is 12.4 Å². The Morgan fingerprint density at radius 1 is 1.60 bits per heavy atom. The Balaban J connectivity index is 2.76. The number of hydrogen-bond acceptors (Lipinski definition) is 6. The summed E-state index contributed by atoms with van der Waals surface area (Å²) in [6.45, 7) is -0.289. The Hall–Kier alpha value is -1.50. The zero-order valence-electron chi connectivity index (χ0n) is 7.77. The standard InChI is InChI=1S/C8H7BrN2O4/c1-14-7(12)4-15-5-2-3-6(9)10-8(5)11-13/h2-3H,4H2,1H3. The number of pyridine rings is 1. The van der Waals surface area contributed by atoms with Crippen LogP contribution in [-0.4, -0.2) is 24.7 Å². The fourth-order valence-corrected chi connectivity index (χ4v) is 1.09. The van der Waals surface area contributed by atoms with Crippen LogP contribution in [0.4, 0.5) is 5.82 Å². The molecule has 0 fully saturated rings. The number of carbonyl (C=O) groups excluding carboxylic acids is 1. The Kier molecular flexibility index (Phi) is 4.17. The summed E-state index contributed by atoms with van der Waals surface area (Å²) in [5, 5.41) is 2.67. The van der Waals surface area contributed by atoms with Crippen molar-refractivity contribution in [3.05, 3.63) is 21.6 Å². The predicted octanol–water partition coefficient (Wildman–Crippen LogP) is 1.79. The van der Waals surface area contributed by atoms with Gasteiger partial charge in [-0.05, 0) is 33.2 Å². The van der Waals surface area contributed by atoms with Gasteiger partial charge in [-0.1, -0.05) is 0 Å². The van der Waals surface area contributed by atoms with E-state index in [9.17, 15) is 9.70 Å². The van der Waals surface area contributed by atoms with Crippen molar-refractivity contribution in [3.63, 3.8) is 0 Å². The molecular weight excluding hydrogens is 268 g/mol. The zero-order chi connectivity index (χ0) is 11.3. The van der Waals surface area contributed by atoms with E-state index in [1.807, 2.05) is 0 Å². The molecule has 0 spiro atoms.